The fourth-order valence-electron chi connectivity index (χ4n) is 2.01. The third-order valence-corrected chi connectivity index (χ3v) is 2.95. The number of nitriles is 1. The minimum Gasteiger partial charge on any atom is -0.344 e. The Balaban J connectivity index is 1.76. The number of H-pyrrole nitrogens is 1. The van der Waals surface area contributed by atoms with Crippen molar-refractivity contribution in [3.05, 3.63) is 54.4 Å². The maximum atomic E-state index is 12.0. The van der Waals surface area contributed by atoms with Crippen molar-refractivity contribution >= 4 is 28.4 Å². The number of urea groups is 1. The van der Waals surface area contributed by atoms with E-state index in [1.807, 2.05) is 12.1 Å². The summed E-state index contributed by atoms with van der Waals surface area (Å²) in [5.41, 5.74) is 2.40. The number of benzene rings is 1. The van der Waals surface area contributed by atoms with E-state index < -0.39 is 0 Å². The second-order valence-electron chi connectivity index (χ2n) is 4.37. The number of nitrogens with zero attached hydrogens (tertiary/aromatic N) is 2. The van der Waals surface area contributed by atoms with Crippen LogP contribution in [-0.4, -0.2) is 16.0 Å². The fourth-order valence-corrected chi connectivity index (χ4v) is 2.01. The van der Waals surface area contributed by atoms with Crippen molar-refractivity contribution in [2.75, 3.05) is 10.6 Å². The summed E-state index contributed by atoms with van der Waals surface area (Å²) in [4.78, 5) is 19.1. The molecule has 0 aliphatic heterocycles. The van der Waals surface area contributed by atoms with Crippen LogP contribution < -0.4 is 10.6 Å². The monoisotopic (exact) mass is 277 g/mol. The maximum absolute atomic E-state index is 12.0. The molecule has 102 valence electrons. The number of amides is 2. The van der Waals surface area contributed by atoms with E-state index >= 15 is 0 Å². The molecular weight excluding hydrogens is 266 g/mol. The lowest BCUT2D eigenvalue weighted by Gasteiger charge is -2.06. The average molecular weight is 277 g/mol. The summed E-state index contributed by atoms with van der Waals surface area (Å²) in [7, 11) is 0. The van der Waals surface area contributed by atoms with Gasteiger partial charge in [-0.1, -0.05) is 6.07 Å². The third-order valence-electron chi connectivity index (χ3n) is 2.95. The summed E-state index contributed by atoms with van der Waals surface area (Å²) in [6.07, 6.45) is 3.36. The van der Waals surface area contributed by atoms with Crippen molar-refractivity contribution in [2.45, 2.75) is 0 Å². The van der Waals surface area contributed by atoms with Gasteiger partial charge in [-0.25, -0.2) is 9.78 Å². The minimum absolute atomic E-state index is 0.380. The normalized spacial score (nSPS) is 10.0. The number of aromatic amines is 1. The molecular formula is C15H11N5O. The Bertz CT molecular complexity index is 846. The van der Waals surface area contributed by atoms with E-state index in [9.17, 15) is 4.79 Å². The van der Waals surface area contributed by atoms with Crippen LogP contribution in [-0.2, 0) is 0 Å². The number of fused-ring (bicyclic) bond motifs is 1. The quantitative estimate of drug-likeness (QED) is 0.672. The van der Waals surface area contributed by atoms with Crippen LogP contribution in [0.25, 0.3) is 11.0 Å². The zero-order valence-electron chi connectivity index (χ0n) is 10.9. The van der Waals surface area contributed by atoms with Crippen molar-refractivity contribution in [1.82, 2.24) is 9.97 Å². The first-order valence-electron chi connectivity index (χ1n) is 6.26. The van der Waals surface area contributed by atoms with Crippen LogP contribution in [0.3, 0.4) is 0 Å². The zero-order chi connectivity index (χ0) is 14.7. The molecule has 3 aromatic rings. The zero-order valence-corrected chi connectivity index (χ0v) is 10.9. The van der Waals surface area contributed by atoms with E-state index in [4.69, 9.17) is 5.26 Å². The molecule has 0 aliphatic rings. The average Bonchev–Trinajstić information content (AvgIpc) is 2.91. The molecule has 3 rings (SSSR count). The molecule has 6 heteroatoms. The predicted molar refractivity (Wildman–Crippen MR) is 79.9 cm³/mol. The smallest absolute Gasteiger partial charge is 0.323 e. The summed E-state index contributed by atoms with van der Waals surface area (Å²) < 4.78 is 0. The van der Waals surface area contributed by atoms with Crippen LogP contribution in [0, 0.1) is 11.3 Å². The number of aromatic nitrogens is 2. The van der Waals surface area contributed by atoms with Gasteiger partial charge in [0.15, 0.2) is 0 Å². The van der Waals surface area contributed by atoms with E-state index in [0.29, 0.717) is 22.6 Å². The number of carbonyl (C=O) groups excluding carboxylic acids is 1. The van der Waals surface area contributed by atoms with Gasteiger partial charge in [0.05, 0.1) is 17.3 Å². The number of carbonyl (C=O) groups is 1. The molecule has 2 heterocycles. The van der Waals surface area contributed by atoms with Crippen LogP contribution in [0.2, 0.25) is 0 Å². The fraction of sp³-hybridized carbons (Fsp3) is 0. The Hall–Kier alpha value is -3.33. The third kappa shape index (κ3) is 2.67. The summed E-state index contributed by atoms with van der Waals surface area (Å²) in [5, 5.41) is 15.1. The molecule has 0 saturated heterocycles. The molecule has 1 aromatic carbocycles. The summed E-state index contributed by atoms with van der Waals surface area (Å²) in [5.74, 6) is 0. The standard InChI is InChI=1S/C15H11N5O/c16-8-10-3-1-4-11(7-10)19-15(21)20-13-9-18-14-12(13)5-2-6-17-14/h1-7,9H,(H,17,18)(H2,19,20,21). The second kappa shape index (κ2) is 5.35. The van der Waals surface area contributed by atoms with Crippen molar-refractivity contribution in [2.24, 2.45) is 0 Å². The molecule has 6 nitrogen and oxygen atoms in total. The van der Waals surface area contributed by atoms with E-state index in [-0.39, 0.29) is 6.03 Å². The second-order valence-corrected chi connectivity index (χ2v) is 4.37. The molecule has 0 fully saturated rings. The minimum atomic E-state index is -0.380. The van der Waals surface area contributed by atoms with E-state index in [1.165, 1.54) is 0 Å². The lowest BCUT2D eigenvalue weighted by atomic mass is 10.2. The lowest BCUT2D eigenvalue weighted by Crippen LogP contribution is -2.19. The molecule has 2 amide bonds. The largest absolute Gasteiger partial charge is 0.344 e. The maximum Gasteiger partial charge on any atom is 0.323 e. The van der Waals surface area contributed by atoms with Gasteiger partial charge in [0, 0.05) is 23.5 Å². The Morgan fingerprint density at radius 1 is 1.24 bits per heavy atom. The topological polar surface area (TPSA) is 93.6 Å². The lowest BCUT2D eigenvalue weighted by molar-refractivity contribution is 0.262. The summed E-state index contributed by atoms with van der Waals surface area (Å²) in [6, 6.07) is 12.0. The molecule has 21 heavy (non-hydrogen) atoms. The highest BCUT2D eigenvalue weighted by Gasteiger charge is 2.08. The molecule has 0 bridgehead atoms. The number of nitrogens with one attached hydrogen (secondary N) is 3. The van der Waals surface area contributed by atoms with Crippen LogP contribution in [0.5, 0.6) is 0 Å². The van der Waals surface area contributed by atoms with Crippen molar-refractivity contribution in [3.8, 4) is 6.07 Å². The Labute approximate surface area is 120 Å². The molecule has 3 N–H and O–H groups in total. The molecule has 0 spiro atoms. The first kappa shape index (κ1) is 12.7. The van der Waals surface area contributed by atoms with E-state index in [2.05, 4.69) is 20.6 Å². The van der Waals surface area contributed by atoms with E-state index in [0.717, 1.165) is 5.39 Å². The molecule has 2 aromatic heterocycles. The number of anilines is 2. The van der Waals surface area contributed by atoms with Gasteiger partial charge >= 0.3 is 6.03 Å². The predicted octanol–water partition coefficient (Wildman–Crippen LogP) is 3.08. The van der Waals surface area contributed by atoms with Gasteiger partial charge in [0.25, 0.3) is 0 Å². The number of pyridine rings is 1. The highest BCUT2D eigenvalue weighted by molar-refractivity contribution is 6.05. The summed E-state index contributed by atoms with van der Waals surface area (Å²) in [6.45, 7) is 0. The number of rotatable bonds is 2. The van der Waals surface area contributed by atoms with Crippen molar-refractivity contribution in [1.29, 1.82) is 5.26 Å². The van der Waals surface area contributed by atoms with Crippen molar-refractivity contribution in [3.63, 3.8) is 0 Å². The van der Waals surface area contributed by atoms with Gasteiger partial charge in [-0.05, 0) is 30.3 Å². The molecule has 0 atom stereocenters. The van der Waals surface area contributed by atoms with Gasteiger partial charge in [-0.15, -0.1) is 0 Å². The van der Waals surface area contributed by atoms with Gasteiger partial charge in [-0.2, -0.15) is 5.26 Å². The summed E-state index contributed by atoms with van der Waals surface area (Å²) >= 11 is 0. The van der Waals surface area contributed by atoms with Crippen LogP contribution >= 0.6 is 0 Å². The van der Waals surface area contributed by atoms with E-state index in [1.54, 1.807) is 42.7 Å². The van der Waals surface area contributed by atoms with Gasteiger partial charge in [0.1, 0.15) is 5.65 Å². The molecule has 0 unspecified atom stereocenters. The van der Waals surface area contributed by atoms with Crippen LogP contribution in [0.4, 0.5) is 16.2 Å². The molecule has 0 radical (unpaired) electrons. The van der Waals surface area contributed by atoms with Crippen molar-refractivity contribution < 1.29 is 4.79 Å². The van der Waals surface area contributed by atoms with Gasteiger partial charge in [0.2, 0.25) is 0 Å². The van der Waals surface area contributed by atoms with Gasteiger partial charge in [-0.3, -0.25) is 0 Å². The number of hydrogen-bond donors (Lipinski definition) is 3. The SMILES string of the molecule is N#Cc1cccc(NC(=O)Nc2c[nH]c3ncccc23)c1. The Morgan fingerprint density at radius 2 is 2.14 bits per heavy atom. The molecule has 0 saturated carbocycles. The first-order chi connectivity index (χ1) is 10.3. The highest BCUT2D eigenvalue weighted by Crippen LogP contribution is 2.21. The number of hydrogen-bond acceptors (Lipinski definition) is 3. The Kier molecular flexibility index (Phi) is 3.23. The Morgan fingerprint density at radius 3 is 3.00 bits per heavy atom. The first-order valence-corrected chi connectivity index (χ1v) is 6.26. The molecule has 0 aliphatic carbocycles. The van der Waals surface area contributed by atoms with Gasteiger partial charge < -0.3 is 15.6 Å². The van der Waals surface area contributed by atoms with Crippen LogP contribution in [0.1, 0.15) is 5.56 Å². The van der Waals surface area contributed by atoms with Crippen LogP contribution in [0.15, 0.2) is 48.8 Å². The highest BCUT2D eigenvalue weighted by atomic mass is 16.2.